The van der Waals surface area contributed by atoms with Crippen LogP contribution in [0.4, 0.5) is 0 Å². The lowest BCUT2D eigenvalue weighted by molar-refractivity contribution is 1.52. The van der Waals surface area contributed by atoms with E-state index >= 15 is 0 Å². The average Bonchev–Trinajstić information content (AvgIpc) is 2.34. The number of rotatable bonds is 3. The normalized spacial score (nSPS) is 10.9. The van der Waals surface area contributed by atoms with Crippen molar-refractivity contribution in [1.82, 2.24) is 0 Å². The SMILES string of the molecule is Clc1ccc([CH]/C=C/c2ccc(Cl)cc2)cc1. The summed E-state index contributed by atoms with van der Waals surface area (Å²) in [7, 11) is 0. The maximum Gasteiger partial charge on any atom is 0.0406 e. The molecule has 0 saturated heterocycles. The van der Waals surface area contributed by atoms with Gasteiger partial charge in [0, 0.05) is 16.5 Å². The number of benzene rings is 2. The third-order valence-corrected chi connectivity index (χ3v) is 2.82. The summed E-state index contributed by atoms with van der Waals surface area (Å²) in [5.41, 5.74) is 2.25. The van der Waals surface area contributed by atoms with Crippen molar-refractivity contribution in [3.05, 3.63) is 82.2 Å². The maximum absolute atomic E-state index is 5.81. The summed E-state index contributed by atoms with van der Waals surface area (Å²) >= 11 is 11.6. The van der Waals surface area contributed by atoms with Crippen LogP contribution >= 0.6 is 23.2 Å². The fourth-order valence-corrected chi connectivity index (χ4v) is 1.67. The van der Waals surface area contributed by atoms with Gasteiger partial charge < -0.3 is 0 Å². The lowest BCUT2D eigenvalue weighted by Gasteiger charge is -1.96. The average molecular weight is 262 g/mol. The molecule has 0 fully saturated rings. The molecule has 2 aromatic rings. The van der Waals surface area contributed by atoms with Gasteiger partial charge in [-0.05, 0) is 35.4 Å². The molecule has 0 N–H and O–H groups in total. The molecule has 0 aliphatic carbocycles. The Balaban J connectivity index is 1.97. The second-order valence-electron chi connectivity index (χ2n) is 3.63. The Morgan fingerprint density at radius 1 is 0.647 bits per heavy atom. The largest absolute Gasteiger partial charge is 0.0843 e. The molecule has 0 amide bonds. The Labute approximate surface area is 112 Å². The zero-order chi connectivity index (χ0) is 12.1. The van der Waals surface area contributed by atoms with Gasteiger partial charge in [-0.2, -0.15) is 0 Å². The smallest absolute Gasteiger partial charge is 0.0406 e. The quantitative estimate of drug-likeness (QED) is 0.707. The Kier molecular flexibility index (Phi) is 4.24. The zero-order valence-electron chi connectivity index (χ0n) is 9.11. The summed E-state index contributed by atoms with van der Waals surface area (Å²) in [5, 5.41) is 1.51. The minimum atomic E-state index is 0.754. The van der Waals surface area contributed by atoms with Gasteiger partial charge >= 0.3 is 0 Å². The molecule has 0 atom stereocenters. The third-order valence-electron chi connectivity index (χ3n) is 2.32. The van der Waals surface area contributed by atoms with Gasteiger partial charge in [0.2, 0.25) is 0 Å². The summed E-state index contributed by atoms with van der Waals surface area (Å²) in [6.45, 7) is 0. The summed E-state index contributed by atoms with van der Waals surface area (Å²) in [5.74, 6) is 0. The van der Waals surface area contributed by atoms with E-state index in [1.807, 2.05) is 67.1 Å². The van der Waals surface area contributed by atoms with Crippen LogP contribution in [0.15, 0.2) is 54.6 Å². The number of hydrogen-bond donors (Lipinski definition) is 0. The Morgan fingerprint density at radius 2 is 1.12 bits per heavy atom. The van der Waals surface area contributed by atoms with Gasteiger partial charge in [-0.15, -0.1) is 0 Å². The predicted molar refractivity (Wildman–Crippen MR) is 75.3 cm³/mol. The molecule has 0 heterocycles. The van der Waals surface area contributed by atoms with Crippen LogP contribution in [-0.2, 0) is 0 Å². The van der Waals surface area contributed by atoms with E-state index in [0.717, 1.165) is 21.2 Å². The van der Waals surface area contributed by atoms with Crippen LogP contribution in [0, 0.1) is 6.42 Å². The second kappa shape index (κ2) is 5.90. The van der Waals surface area contributed by atoms with E-state index in [1.54, 1.807) is 0 Å². The number of hydrogen-bond acceptors (Lipinski definition) is 0. The van der Waals surface area contributed by atoms with E-state index in [9.17, 15) is 0 Å². The van der Waals surface area contributed by atoms with Crippen molar-refractivity contribution in [2.24, 2.45) is 0 Å². The molecule has 0 unspecified atom stereocenters. The predicted octanol–water partition coefficient (Wildman–Crippen LogP) is 5.26. The van der Waals surface area contributed by atoms with Crippen molar-refractivity contribution >= 4 is 29.3 Å². The fraction of sp³-hybridized carbons (Fsp3) is 0. The van der Waals surface area contributed by atoms with Gasteiger partial charge in [-0.3, -0.25) is 0 Å². The topological polar surface area (TPSA) is 0 Å². The molecule has 2 aromatic carbocycles. The van der Waals surface area contributed by atoms with Gasteiger partial charge in [0.15, 0.2) is 0 Å². The van der Waals surface area contributed by atoms with Crippen LogP contribution in [0.1, 0.15) is 11.1 Å². The molecule has 2 heteroatoms. The lowest BCUT2D eigenvalue weighted by Crippen LogP contribution is -1.77. The molecule has 0 nitrogen and oxygen atoms in total. The molecule has 17 heavy (non-hydrogen) atoms. The van der Waals surface area contributed by atoms with E-state index in [0.29, 0.717) is 0 Å². The Hall–Kier alpha value is -1.24. The molecular formula is C15H11Cl2. The van der Waals surface area contributed by atoms with Crippen LogP contribution in [0.5, 0.6) is 0 Å². The van der Waals surface area contributed by atoms with Gasteiger partial charge in [-0.1, -0.05) is 59.6 Å². The number of allylic oxidation sites excluding steroid dienone is 1. The lowest BCUT2D eigenvalue weighted by atomic mass is 10.1. The highest BCUT2D eigenvalue weighted by molar-refractivity contribution is 6.30. The van der Waals surface area contributed by atoms with Crippen LogP contribution in [0.2, 0.25) is 10.0 Å². The zero-order valence-corrected chi connectivity index (χ0v) is 10.6. The van der Waals surface area contributed by atoms with Gasteiger partial charge in [0.25, 0.3) is 0 Å². The highest BCUT2D eigenvalue weighted by Crippen LogP contribution is 2.13. The minimum Gasteiger partial charge on any atom is -0.0843 e. The molecule has 0 aliphatic heterocycles. The Bertz CT molecular complexity index is 495. The molecule has 0 saturated carbocycles. The summed E-state index contributed by atoms with van der Waals surface area (Å²) in [6.07, 6.45) is 6.07. The van der Waals surface area contributed by atoms with Crippen LogP contribution in [-0.4, -0.2) is 0 Å². The van der Waals surface area contributed by atoms with Crippen molar-refractivity contribution < 1.29 is 0 Å². The number of halogens is 2. The van der Waals surface area contributed by atoms with Crippen molar-refractivity contribution in [2.75, 3.05) is 0 Å². The first-order valence-electron chi connectivity index (χ1n) is 5.26. The summed E-state index contributed by atoms with van der Waals surface area (Å²) in [4.78, 5) is 0. The molecule has 0 aromatic heterocycles. The van der Waals surface area contributed by atoms with E-state index in [4.69, 9.17) is 23.2 Å². The second-order valence-corrected chi connectivity index (χ2v) is 4.50. The van der Waals surface area contributed by atoms with Crippen LogP contribution in [0.3, 0.4) is 0 Å². The molecular weight excluding hydrogens is 251 g/mol. The van der Waals surface area contributed by atoms with E-state index in [-0.39, 0.29) is 0 Å². The van der Waals surface area contributed by atoms with Gasteiger partial charge in [-0.25, -0.2) is 0 Å². The van der Waals surface area contributed by atoms with Crippen molar-refractivity contribution in [1.29, 1.82) is 0 Å². The van der Waals surface area contributed by atoms with Gasteiger partial charge in [0.05, 0.1) is 0 Å². The minimum absolute atomic E-state index is 0.754. The maximum atomic E-state index is 5.81. The van der Waals surface area contributed by atoms with Crippen LogP contribution < -0.4 is 0 Å². The molecule has 1 radical (unpaired) electrons. The van der Waals surface area contributed by atoms with Crippen molar-refractivity contribution in [3.63, 3.8) is 0 Å². The van der Waals surface area contributed by atoms with E-state index < -0.39 is 0 Å². The summed E-state index contributed by atoms with van der Waals surface area (Å²) < 4.78 is 0. The van der Waals surface area contributed by atoms with Crippen molar-refractivity contribution in [2.45, 2.75) is 0 Å². The van der Waals surface area contributed by atoms with Gasteiger partial charge in [0.1, 0.15) is 0 Å². The molecule has 0 aliphatic rings. The highest BCUT2D eigenvalue weighted by Gasteiger charge is 1.91. The van der Waals surface area contributed by atoms with E-state index in [1.165, 1.54) is 0 Å². The fourth-order valence-electron chi connectivity index (χ4n) is 1.42. The highest BCUT2D eigenvalue weighted by atomic mass is 35.5. The Morgan fingerprint density at radius 3 is 1.65 bits per heavy atom. The molecule has 85 valence electrons. The standard InChI is InChI=1S/C15H11Cl2/c16-14-8-4-12(5-9-14)2-1-3-13-6-10-15(17)11-7-13/h1-11H/b2-1+. The molecule has 0 spiro atoms. The van der Waals surface area contributed by atoms with Crippen LogP contribution in [0.25, 0.3) is 6.08 Å². The first-order chi connectivity index (χ1) is 8.24. The van der Waals surface area contributed by atoms with E-state index in [2.05, 4.69) is 0 Å². The first kappa shape index (κ1) is 12.2. The molecule has 2 rings (SSSR count). The summed E-state index contributed by atoms with van der Waals surface area (Å²) in [6, 6.07) is 15.4. The third kappa shape index (κ3) is 3.92. The first-order valence-corrected chi connectivity index (χ1v) is 6.02. The monoisotopic (exact) mass is 261 g/mol. The van der Waals surface area contributed by atoms with Crippen molar-refractivity contribution in [3.8, 4) is 0 Å². The molecule has 0 bridgehead atoms.